The van der Waals surface area contributed by atoms with Crippen LogP contribution in [0.1, 0.15) is 0 Å². The molecule has 1 amide bonds. The summed E-state index contributed by atoms with van der Waals surface area (Å²) in [6.07, 6.45) is 0.810. The van der Waals surface area contributed by atoms with E-state index in [0.29, 0.717) is 43.6 Å². The van der Waals surface area contributed by atoms with Crippen LogP contribution in [0.15, 0.2) is 54.7 Å². The van der Waals surface area contributed by atoms with Crippen LogP contribution < -0.4 is 19.7 Å². The molecule has 0 aliphatic carbocycles. The van der Waals surface area contributed by atoms with Gasteiger partial charge in [-0.05, 0) is 30.3 Å². The number of carbonyl (C=O) groups is 1. The standard InChI is InChI=1S/C22H21FN4O4/c1-29-19-14-24-20(26-21(19)27-9-11-30-12-10-27)17-8-7-15(13-18(17)23)25-22(28)31-16-5-3-2-4-6-16/h2-8,13-14H,9-12H2,1H3,(H,25,28). The molecule has 8 nitrogen and oxygen atoms in total. The molecule has 0 radical (unpaired) electrons. The van der Waals surface area contributed by atoms with Crippen LogP contribution in [-0.2, 0) is 4.74 Å². The number of carbonyl (C=O) groups excluding carboxylic acids is 1. The molecule has 0 spiro atoms. The summed E-state index contributed by atoms with van der Waals surface area (Å²) in [4.78, 5) is 22.8. The second-order valence-corrected chi connectivity index (χ2v) is 6.71. The fourth-order valence-electron chi connectivity index (χ4n) is 3.15. The lowest BCUT2D eigenvalue weighted by Crippen LogP contribution is -2.37. The van der Waals surface area contributed by atoms with E-state index in [2.05, 4.69) is 15.3 Å². The second-order valence-electron chi connectivity index (χ2n) is 6.71. The first-order valence-electron chi connectivity index (χ1n) is 9.71. The Morgan fingerprint density at radius 2 is 1.94 bits per heavy atom. The van der Waals surface area contributed by atoms with Crippen molar-refractivity contribution in [1.29, 1.82) is 0 Å². The highest BCUT2D eigenvalue weighted by atomic mass is 19.1. The fraction of sp³-hybridized carbons (Fsp3) is 0.227. The van der Waals surface area contributed by atoms with Crippen LogP contribution in [0.25, 0.3) is 11.4 Å². The average Bonchev–Trinajstić information content (AvgIpc) is 2.80. The zero-order valence-electron chi connectivity index (χ0n) is 16.9. The smallest absolute Gasteiger partial charge is 0.417 e. The number of amides is 1. The minimum Gasteiger partial charge on any atom is -0.491 e. The van der Waals surface area contributed by atoms with E-state index in [4.69, 9.17) is 14.2 Å². The summed E-state index contributed by atoms with van der Waals surface area (Å²) in [5.41, 5.74) is 0.461. The number of anilines is 2. The highest BCUT2D eigenvalue weighted by Gasteiger charge is 2.20. The van der Waals surface area contributed by atoms with E-state index >= 15 is 0 Å². The van der Waals surface area contributed by atoms with E-state index in [1.165, 1.54) is 25.4 Å². The maximum Gasteiger partial charge on any atom is 0.417 e. The summed E-state index contributed by atoms with van der Waals surface area (Å²) >= 11 is 0. The molecule has 2 aromatic carbocycles. The number of para-hydroxylation sites is 1. The first kappa shape index (κ1) is 20.5. The Labute approximate surface area is 178 Å². The Morgan fingerprint density at radius 3 is 2.65 bits per heavy atom. The zero-order valence-corrected chi connectivity index (χ0v) is 16.9. The highest BCUT2D eigenvalue weighted by Crippen LogP contribution is 2.30. The van der Waals surface area contributed by atoms with Crippen molar-refractivity contribution >= 4 is 17.6 Å². The van der Waals surface area contributed by atoms with Gasteiger partial charge in [-0.1, -0.05) is 18.2 Å². The van der Waals surface area contributed by atoms with Crippen LogP contribution in [0.4, 0.5) is 20.7 Å². The van der Waals surface area contributed by atoms with Gasteiger partial charge in [0.2, 0.25) is 0 Å². The van der Waals surface area contributed by atoms with Crippen LogP contribution in [0, 0.1) is 5.82 Å². The lowest BCUT2D eigenvalue weighted by Gasteiger charge is -2.29. The molecule has 31 heavy (non-hydrogen) atoms. The third-order valence-electron chi connectivity index (χ3n) is 4.68. The van der Waals surface area contributed by atoms with E-state index in [1.54, 1.807) is 30.3 Å². The van der Waals surface area contributed by atoms with E-state index in [1.807, 2.05) is 11.0 Å². The lowest BCUT2D eigenvalue weighted by molar-refractivity contribution is 0.122. The quantitative estimate of drug-likeness (QED) is 0.668. The van der Waals surface area contributed by atoms with Gasteiger partial charge in [0.1, 0.15) is 11.6 Å². The molecule has 0 saturated carbocycles. The summed E-state index contributed by atoms with van der Waals surface area (Å²) < 4.78 is 30.7. The number of aromatic nitrogens is 2. The van der Waals surface area contributed by atoms with Crippen molar-refractivity contribution in [2.75, 3.05) is 43.6 Å². The monoisotopic (exact) mass is 424 g/mol. The molecule has 1 saturated heterocycles. The van der Waals surface area contributed by atoms with Gasteiger partial charge in [0.15, 0.2) is 17.4 Å². The molecule has 1 aromatic heterocycles. The summed E-state index contributed by atoms with van der Waals surface area (Å²) in [6.45, 7) is 2.47. The number of hydrogen-bond acceptors (Lipinski definition) is 7. The number of benzene rings is 2. The van der Waals surface area contributed by atoms with Crippen LogP contribution >= 0.6 is 0 Å². The molecule has 0 unspecified atom stereocenters. The fourth-order valence-corrected chi connectivity index (χ4v) is 3.15. The molecule has 1 N–H and O–H groups in total. The van der Waals surface area contributed by atoms with Gasteiger partial charge in [-0.25, -0.2) is 19.2 Å². The van der Waals surface area contributed by atoms with Gasteiger partial charge in [-0.15, -0.1) is 0 Å². The number of morpholine rings is 1. The molecule has 1 aliphatic rings. The maximum atomic E-state index is 14.8. The van der Waals surface area contributed by atoms with Gasteiger partial charge in [0.05, 0.1) is 32.1 Å². The van der Waals surface area contributed by atoms with E-state index < -0.39 is 11.9 Å². The molecule has 160 valence electrons. The van der Waals surface area contributed by atoms with E-state index in [-0.39, 0.29) is 17.1 Å². The summed E-state index contributed by atoms with van der Waals surface area (Å²) in [7, 11) is 1.54. The largest absolute Gasteiger partial charge is 0.491 e. The van der Waals surface area contributed by atoms with Crippen molar-refractivity contribution in [3.8, 4) is 22.9 Å². The molecule has 1 fully saturated rings. The topological polar surface area (TPSA) is 85.8 Å². The third kappa shape index (κ3) is 4.89. The minimum atomic E-state index is -0.714. The number of nitrogens with one attached hydrogen (secondary N) is 1. The average molecular weight is 424 g/mol. The molecule has 4 rings (SSSR count). The van der Waals surface area contributed by atoms with E-state index in [0.717, 1.165) is 0 Å². The molecular weight excluding hydrogens is 403 g/mol. The van der Waals surface area contributed by atoms with Crippen molar-refractivity contribution in [3.05, 3.63) is 60.5 Å². The summed E-state index contributed by atoms with van der Waals surface area (Å²) in [6, 6.07) is 12.9. The van der Waals surface area contributed by atoms with Crippen molar-refractivity contribution in [2.45, 2.75) is 0 Å². The highest BCUT2D eigenvalue weighted by molar-refractivity contribution is 5.86. The Bertz CT molecular complexity index is 1060. The van der Waals surface area contributed by atoms with Gasteiger partial charge in [0, 0.05) is 18.8 Å². The van der Waals surface area contributed by atoms with Crippen molar-refractivity contribution in [2.24, 2.45) is 0 Å². The van der Waals surface area contributed by atoms with Gasteiger partial charge in [-0.2, -0.15) is 0 Å². The third-order valence-corrected chi connectivity index (χ3v) is 4.68. The lowest BCUT2D eigenvalue weighted by atomic mass is 10.1. The van der Waals surface area contributed by atoms with Gasteiger partial charge < -0.3 is 19.1 Å². The molecular formula is C22H21FN4O4. The van der Waals surface area contributed by atoms with Crippen LogP contribution in [-0.4, -0.2) is 49.5 Å². The van der Waals surface area contributed by atoms with Crippen molar-refractivity contribution < 1.29 is 23.4 Å². The molecule has 0 atom stereocenters. The Hall–Kier alpha value is -3.72. The Balaban J connectivity index is 1.53. The van der Waals surface area contributed by atoms with Gasteiger partial charge in [-0.3, -0.25) is 5.32 Å². The number of nitrogens with zero attached hydrogens (tertiary/aromatic N) is 3. The van der Waals surface area contributed by atoms with Gasteiger partial charge in [0.25, 0.3) is 0 Å². The van der Waals surface area contributed by atoms with Gasteiger partial charge >= 0.3 is 6.09 Å². The van der Waals surface area contributed by atoms with Crippen molar-refractivity contribution in [1.82, 2.24) is 9.97 Å². The molecule has 3 aromatic rings. The predicted octanol–water partition coefficient (Wildman–Crippen LogP) is 3.74. The van der Waals surface area contributed by atoms with Crippen LogP contribution in [0.5, 0.6) is 11.5 Å². The number of rotatable bonds is 5. The Kier molecular flexibility index (Phi) is 6.23. The number of hydrogen-bond donors (Lipinski definition) is 1. The number of halogens is 1. The first-order chi connectivity index (χ1) is 15.1. The van der Waals surface area contributed by atoms with E-state index in [9.17, 15) is 9.18 Å². The minimum absolute atomic E-state index is 0.208. The molecule has 1 aliphatic heterocycles. The van der Waals surface area contributed by atoms with Crippen LogP contribution in [0.3, 0.4) is 0 Å². The van der Waals surface area contributed by atoms with Crippen molar-refractivity contribution in [3.63, 3.8) is 0 Å². The predicted molar refractivity (Wildman–Crippen MR) is 113 cm³/mol. The second kappa shape index (κ2) is 9.40. The first-order valence-corrected chi connectivity index (χ1v) is 9.71. The molecule has 0 bridgehead atoms. The molecule has 9 heteroatoms. The summed E-state index contributed by atoms with van der Waals surface area (Å²) in [5, 5.41) is 2.51. The number of ether oxygens (including phenoxy) is 3. The Morgan fingerprint density at radius 1 is 1.16 bits per heavy atom. The zero-order chi connectivity index (χ0) is 21.6. The SMILES string of the molecule is COc1cnc(-c2ccc(NC(=O)Oc3ccccc3)cc2F)nc1N1CCOCC1. The number of methoxy groups -OCH3 is 1. The molecule has 2 heterocycles. The maximum absolute atomic E-state index is 14.8. The summed E-state index contributed by atoms with van der Waals surface area (Å²) in [5.74, 6) is 1.13. The van der Waals surface area contributed by atoms with Crippen LogP contribution in [0.2, 0.25) is 0 Å². The normalized spacial score (nSPS) is 13.5.